The minimum absolute atomic E-state index is 0.0200. The van der Waals surface area contributed by atoms with Gasteiger partial charge in [-0.2, -0.15) is 5.10 Å². The molecule has 0 spiro atoms. The number of anilines is 2. The molecule has 0 bridgehead atoms. The van der Waals surface area contributed by atoms with Gasteiger partial charge in [0, 0.05) is 18.1 Å². The van der Waals surface area contributed by atoms with Crippen LogP contribution in [0.5, 0.6) is 0 Å². The molecular formula is C18H17ClN4O3S. The number of amides is 1. The van der Waals surface area contributed by atoms with Crippen LogP contribution in [0.1, 0.15) is 13.0 Å². The zero-order valence-corrected chi connectivity index (χ0v) is 15.9. The van der Waals surface area contributed by atoms with E-state index in [2.05, 4.69) is 15.1 Å². The number of benzene rings is 2. The highest BCUT2D eigenvalue weighted by molar-refractivity contribution is 7.92. The third kappa shape index (κ3) is 4.47. The summed E-state index contributed by atoms with van der Waals surface area (Å²) in [7, 11) is -3.85. The van der Waals surface area contributed by atoms with Crippen molar-refractivity contribution in [2.45, 2.75) is 17.9 Å². The molecule has 9 heteroatoms. The van der Waals surface area contributed by atoms with Gasteiger partial charge in [-0.05, 0) is 43.3 Å². The van der Waals surface area contributed by atoms with Gasteiger partial charge in [0.15, 0.2) is 0 Å². The van der Waals surface area contributed by atoms with Gasteiger partial charge in [0.1, 0.15) is 10.9 Å². The molecule has 140 valence electrons. The molecule has 0 saturated carbocycles. The van der Waals surface area contributed by atoms with Crippen LogP contribution in [0.4, 0.5) is 11.4 Å². The van der Waals surface area contributed by atoms with E-state index >= 15 is 0 Å². The van der Waals surface area contributed by atoms with Gasteiger partial charge in [-0.25, -0.2) is 8.42 Å². The van der Waals surface area contributed by atoms with Gasteiger partial charge < -0.3 is 5.32 Å². The van der Waals surface area contributed by atoms with Crippen LogP contribution in [0.15, 0.2) is 71.9 Å². The van der Waals surface area contributed by atoms with E-state index in [0.29, 0.717) is 11.4 Å². The van der Waals surface area contributed by atoms with E-state index in [1.54, 1.807) is 55.7 Å². The Bertz CT molecular complexity index is 1050. The van der Waals surface area contributed by atoms with Crippen molar-refractivity contribution >= 4 is 38.9 Å². The van der Waals surface area contributed by atoms with Crippen LogP contribution in [-0.2, 0) is 14.8 Å². The molecule has 1 aromatic heterocycles. The fourth-order valence-electron chi connectivity index (χ4n) is 2.41. The number of halogens is 1. The summed E-state index contributed by atoms with van der Waals surface area (Å²) in [6.07, 6.45) is 3.28. The summed E-state index contributed by atoms with van der Waals surface area (Å²) >= 11 is 5.97. The van der Waals surface area contributed by atoms with Gasteiger partial charge >= 0.3 is 0 Å². The highest BCUT2D eigenvalue weighted by Gasteiger charge is 2.18. The molecule has 3 aromatic rings. The Labute approximate surface area is 162 Å². The highest BCUT2D eigenvalue weighted by Crippen LogP contribution is 2.24. The molecule has 2 aromatic carbocycles. The maximum Gasteiger partial charge on any atom is 0.263 e. The predicted molar refractivity (Wildman–Crippen MR) is 104 cm³/mol. The first-order valence-electron chi connectivity index (χ1n) is 8.04. The van der Waals surface area contributed by atoms with Crippen LogP contribution in [0.2, 0.25) is 5.02 Å². The summed E-state index contributed by atoms with van der Waals surface area (Å²) in [5.74, 6) is -0.273. The van der Waals surface area contributed by atoms with E-state index in [1.807, 2.05) is 0 Å². The van der Waals surface area contributed by atoms with E-state index in [4.69, 9.17) is 11.6 Å². The van der Waals surface area contributed by atoms with Crippen molar-refractivity contribution in [1.29, 1.82) is 0 Å². The van der Waals surface area contributed by atoms with E-state index < -0.39 is 16.1 Å². The largest absolute Gasteiger partial charge is 0.324 e. The quantitative estimate of drug-likeness (QED) is 0.657. The Hall–Kier alpha value is -2.84. The van der Waals surface area contributed by atoms with E-state index in [-0.39, 0.29) is 15.8 Å². The number of hydrogen-bond donors (Lipinski definition) is 2. The summed E-state index contributed by atoms with van der Waals surface area (Å²) in [6.45, 7) is 1.71. The number of aromatic nitrogens is 2. The number of nitrogens with zero attached hydrogens (tertiary/aromatic N) is 2. The molecule has 0 radical (unpaired) electrons. The first kappa shape index (κ1) is 18.9. The minimum atomic E-state index is -3.85. The smallest absolute Gasteiger partial charge is 0.263 e. The number of carbonyl (C=O) groups is 1. The number of rotatable bonds is 6. The van der Waals surface area contributed by atoms with Crippen LogP contribution in [0.3, 0.4) is 0 Å². The molecule has 0 fully saturated rings. The van der Waals surface area contributed by atoms with E-state index in [0.717, 1.165) is 0 Å². The predicted octanol–water partition coefficient (Wildman–Crippen LogP) is 3.54. The number of nitrogens with one attached hydrogen (secondary N) is 2. The monoisotopic (exact) mass is 404 g/mol. The first-order valence-corrected chi connectivity index (χ1v) is 9.90. The summed E-state index contributed by atoms with van der Waals surface area (Å²) < 4.78 is 29.0. The summed E-state index contributed by atoms with van der Waals surface area (Å²) in [4.78, 5) is 12.3. The lowest BCUT2D eigenvalue weighted by atomic mass is 10.2. The number of carbonyl (C=O) groups excluding carboxylic acids is 1. The Kier molecular flexibility index (Phi) is 5.48. The van der Waals surface area contributed by atoms with Crippen molar-refractivity contribution in [2.24, 2.45) is 0 Å². The SMILES string of the molecule is CC(C(=O)Nc1cccc(NS(=O)(=O)c2ccccc2Cl)c1)n1cccn1. The molecule has 27 heavy (non-hydrogen) atoms. The van der Waals surface area contributed by atoms with Crippen LogP contribution in [0, 0.1) is 0 Å². The molecule has 1 heterocycles. The Balaban J connectivity index is 1.76. The molecule has 2 N–H and O–H groups in total. The molecule has 1 unspecified atom stereocenters. The number of hydrogen-bond acceptors (Lipinski definition) is 4. The standard InChI is InChI=1S/C18H17ClN4O3S/c1-13(23-11-5-10-20-23)18(24)21-14-6-4-7-15(12-14)22-27(25,26)17-9-3-2-8-16(17)19/h2-13,22H,1H3,(H,21,24). The van der Waals surface area contributed by atoms with Crippen LogP contribution in [0.25, 0.3) is 0 Å². The van der Waals surface area contributed by atoms with Crippen molar-refractivity contribution in [1.82, 2.24) is 9.78 Å². The van der Waals surface area contributed by atoms with Crippen molar-refractivity contribution in [3.63, 3.8) is 0 Å². The summed E-state index contributed by atoms with van der Waals surface area (Å²) in [6, 6.07) is 13.8. The lowest BCUT2D eigenvalue weighted by Gasteiger charge is -2.14. The van der Waals surface area contributed by atoms with Gasteiger partial charge in [0.05, 0.1) is 10.7 Å². The first-order chi connectivity index (χ1) is 12.9. The zero-order chi connectivity index (χ0) is 19.4. The molecule has 0 aliphatic heterocycles. The average Bonchev–Trinajstić information content (AvgIpc) is 3.15. The van der Waals surface area contributed by atoms with Crippen LogP contribution < -0.4 is 10.0 Å². The topological polar surface area (TPSA) is 93.1 Å². The van der Waals surface area contributed by atoms with Gasteiger partial charge in [0.25, 0.3) is 10.0 Å². The second kappa shape index (κ2) is 7.81. The molecular weight excluding hydrogens is 388 g/mol. The van der Waals surface area contributed by atoms with Gasteiger partial charge in [-0.1, -0.05) is 29.8 Å². The Morgan fingerprint density at radius 2 is 1.85 bits per heavy atom. The minimum Gasteiger partial charge on any atom is -0.324 e. The van der Waals surface area contributed by atoms with E-state index in [9.17, 15) is 13.2 Å². The zero-order valence-electron chi connectivity index (χ0n) is 14.3. The van der Waals surface area contributed by atoms with E-state index in [1.165, 1.54) is 22.9 Å². The maximum absolute atomic E-state index is 12.5. The third-order valence-electron chi connectivity index (χ3n) is 3.81. The van der Waals surface area contributed by atoms with Crippen molar-refractivity contribution < 1.29 is 13.2 Å². The maximum atomic E-state index is 12.5. The molecule has 0 aliphatic carbocycles. The molecule has 0 saturated heterocycles. The van der Waals surface area contributed by atoms with Gasteiger partial charge in [0.2, 0.25) is 5.91 Å². The second-order valence-electron chi connectivity index (χ2n) is 5.77. The molecule has 7 nitrogen and oxygen atoms in total. The molecule has 3 rings (SSSR count). The summed E-state index contributed by atoms with van der Waals surface area (Å²) in [5.41, 5.74) is 0.762. The lowest BCUT2D eigenvalue weighted by Crippen LogP contribution is -2.24. The Morgan fingerprint density at radius 1 is 1.11 bits per heavy atom. The fraction of sp³-hybridized carbons (Fsp3) is 0.111. The second-order valence-corrected chi connectivity index (χ2v) is 7.83. The number of sulfonamides is 1. The van der Waals surface area contributed by atoms with Crippen LogP contribution >= 0.6 is 11.6 Å². The van der Waals surface area contributed by atoms with Crippen molar-refractivity contribution in [3.8, 4) is 0 Å². The molecule has 1 amide bonds. The average molecular weight is 405 g/mol. The van der Waals surface area contributed by atoms with Gasteiger partial charge in [-0.3, -0.25) is 14.2 Å². The van der Waals surface area contributed by atoms with Gasteiger partial charge in [-0.15, -0.1) is 0 Å². The lowest BCUT2D eigenvalue weighted by molar-refractivity contribution is -0.119. The normalized spacial score (nSPS) is 12.4. The Morgan fingerprint density at radius 3 is 2.56 bits per heavy atom. The fourth-order valence-corrected chi connectivity index (χ4v) is 3.98. The van der Waals surface area contributed by atoms with Crippen LogP contribution in [-0.4, -0.2) is 24.1 Å². The highest BCUT2D eigenvalue weighted by atomic mass is 35.5. The van der Waals surface area contributed by atoms with Crippen molar-refractivity contribution in [3.05, 3.63) is 72.0 Å². The third-order valence-corrected chi connectivity index (χ3v) is 5.69. The van der Waals surface area contributed by atoms with Crippen molar-refractivity contribution in [2.75, 3.05) is 10.0 Å². The summed E-state index contributed by atoms with van der Waals surface area (Å²) in [5, 5.41) is 6.91. The molecule has 0 aliphatic rings. The molecule has 1 atom stereocenters.